The molecule has 136 valence electrons. The van der Waals surface area contributed by atoms with Gasteiger partial charge in [-0.1, -0.05) is 6.07 Å². The minimum Gasteiger partial charge on any atom is -0.355 e. The van der Waals surface area contributed by atoms with E-state index < -0.39 is 0 Å². The molecule has 0 atom stereocenters. The molecule has 7 heteroatoms. The van der Waals surface area contributed by atoms with Crippen molar-refractivity contribution in [2.45, 2.75) is 6.92 Å². The second-order valence-electron chi connectivity index (χ2n) is 6.37. The summed E-state index contributed by atoms with van der Waals surface area (Å²) in [6.07, 6.45) is 0. The Kier molecular flexibility index (Phi) is 4.33. The minimum absolute atomic E-state index is 0.0730. The Morgan fingerprint density at radius 1 is 1.04 bits per heavy atom. The summed E-state index contributed by atoms with van der Waals surface area (Å²) in [5.41, 5.74) is 4.00. The summed E-state index contributed by atoms with van der Waals surface area (Å²) in [6.45, 7) is 3.12. The number of hydrogen-bond donors (Lipinski definition) is 3. The van der Waals surface area contributed by atoms with Gasteiger partial charge in [-0.3, -0.25) is 9.69 Å². The summed E-state index contributed by atoms with van der Waals surface area (Å²) in [4.78, 5) is 32.3. The first kappa shape index (κ1) is 16.8. The van der Waals surface area contributed by atoms with E-state index in [9.17, 15) is 9.59 Å². The summed E-state index contributed by atoms with van der Waals surface area (Å²) in [7, 11) is 0. The highest BCUT2D eigenvalue weighted by Crippen LogP contribution is 2.25. The molecule has 2 amide bonds. The number of carbonyl (C=O) groups excluding carboxylic acids is 1. The molecule has 3 aromatic rings. The molecule has 0 spiro atoms. The summed E-state index contributed by atoms with van der Waals surface area (Å²) in [5.74, 6) is 0.550. The Morgan fingerprint density at radius 2 is 1.85 bits per heavy atom. The molecule has 2 heterocycles. The van der Waals surface area contributed by atoms with Crippen LogP contribution in [0.2, 0.25) is 0 Å². The van der Waals surface area contributed by atoms with Crippen LogP contribution in [0.15, 0.2) is 59.4 Å². The number of urea groups is 1. The van der Waals surface area contributed by atoms with Crippen molar-refractivity contribution >= 4 is 23.1 Å². The number of benzene rings is 2. The van der Waals surface area contributed by atoms with Crippen LogP contribution >= 0.6 is 0 Å². The Balaban J connectivity index is 1.53. The highest BCUT2D eigenvalue weighted by molar-refractivity contribution is 5.94. The van der Waals surface area contributed by atoms with Gasteiger partial charge in [-0.05, 0) is 49.4 Å². The smallest absolute Gasteiger partial charge is 0.321 e. The third kappa shape index (κ3) is 3.67. The number of rotatable bonds is 4. The van der Waals surface area contributed by atoms with E-state index in [0.29, 0.717) is 24.6 Å². The molecule has 0 unspecified atom stereocenters. The highest BCUT2D eigenvalue weighted by Gasteiger charge is 2.21. The minimum atomic E-state index is -0.164. The predicted octanol–water partition coefficient (Wildman–Crippen LogP) is 3.02. The fourth-order valence-corrected chi connectivity index (χ4v) is 3.06. The van der Waals surface area contributed by atoms with Gasteiger partial charge in [0.1, 0.15) is 5.82 Å². The quantitative estimate of drug-likeness (QED) is 0.666. The van der Waals surface area contributed by atoms with Crippen LogP contribution < -0.4 is 21.1 Å². The number of amides is 2. The number of carbonyl (C=O) groups is 1. The van der Waals surface area contributed by atoms with Gasteiger partial charge in [-0.15, -0.1) is 0 Å². The molecule has 27 heavy (non-hydrogen) atoms. The molecule has 1 aliphatic heterocycles. The molecule has 7 nitrogen and oxygen atoms in total. The van der Waals surface area contributed by atoms with E-state index >= 15 is 0 Å². The maximum Gasteiger partial charge on any atom is 0.321 e. The molecule has 1 aliphatic rings. The average molecular weight is 361 g/mol. The van der Waals surface area contributed by atoms with E-state index in [1.54, 1.807) is 11.8 Å². The fraction of sp³-hybridized carbons (Fsp3) is 0.150. The van der Waals surface area contributed by atoms with E-state index in [0.717, 1.165) is 22.6 Å². The van der Waals surface area contributed by atoms with Gasteiger partial charge in [0, 0.05) is 47.5 Å². The third-order valence-corrected chi connectivity index (χ3v) is 4.33. The van der Waals surface area contributed by atoms with Gasteiger partial charge in [0.15, 0.2) is 0 Å². The van der Waals surface area contributed by atoms with E-state index in [-0.39, 0.29) is 11.6 Å². The van der Waals surface area contributed by atoms with Crippen LogP contribution in [0, 0.1) is 6.92 Å². The van der Waals surface area contributed by atoms with Crippen molar-refractivity contribution in [3.05, 3.63) is 70.6 Å². The first-order chi connectivity index (χ1) is 13.1. The molecule has 2 aromatic carbocycles. The average Bonchev–Trinajstić information content (AvgIpc) is 3.08. The van der Waals surface area contributed by atoms with Crippen LogP contribution in [0.4, 0.5) is 21.9 Å². The standard InChI is InChI=1S/C20H19N5O2/c1-13-11-18(26)24-19(22-13)14-5-7-15(8-6-14)23-16-3-2-4-17(12-16)25-10-9-21-20(25)27/h2-8,11-12,23H,9-10H2,1H3,(H,21,27)(H,22,24,26). The largest absolute Gasteiger partial charge is 0.355 e. The summed E-state index contributed by atoms with van der Waals surface area (Å²) < 4.78 is 0. The number of aromatic nitrogens is 2. The monoisotopic (exact) mass is 361 g/mol. The van der Waals surface area contributed by atoms with Crippen molar-refractivity contribution in [3.8, 4) is 11.4 Å². The number of H-pyrrole nitrogens is 1. The van der Waals surface area contributed by atoms with Crippen molar-refractivity contribution < 1.29 is 4.79 Å². The lowest BCUT2D eigenvalue weighted by Gasteiger charge is -2.16. The number of hydrogen-bond acceptors (Lipinski definition) is 4. The maximum atomic E-state index is 11.8. The molecule has 0 saturated carbocycles. The zero-order chi connectivity index (χ0) is 18.8. The van der Waals surface area contributed by atoms with Gasteiger partial charge in [0.25, 0.3) is 5.56 Å². The molecule has 1 saturated heterocycles. The van der Waals surface area contributed by atoms with E-state index in [4.69, 9.17) is 0 Å². The van der Waals surface area contributed by atoms with E-state index in [1.807, 2.05) is 48.5 Å². The summed E-state index contributed by atoms with van der Waals surface area (Å²) >= 11 is 0. The first-order valence-electron chi connectivity index (χ1n) is 8.69. The zero-order valence-corrected chi connectivity index (χ0v) is 14.8. The van der Waals surface area contributed by atoms with Crippen LogP contribution in [0.25, 0.3) is 11.4 Å². The molecule has 1 aromatic heterocycles. The van der Waals surface area contributed by atoms with E-state index in [2.05, 4.69) is 20.6 Å². The van der Waals surface area contributed by atoms with Gasteiger partial charge >= 0.3 is 6.03 Å². The number of nitrogens with zero attached hydrogens (tertiary/aromatic N) is 2. The fourth-order valence-electron chi connectivity index (χ4n) is 3.06. The molecule has 0 bridgehead atoms. The van der Waals surface area contributed by atoms with Crippen molar-refractivity contribution in [3.63, 3.8) is 0 Å². The third-order valence-electron chi connectivity index (χ3n) is 4.33. The Hall–Kier alpha value is -3.61. The molecule has 3 N–H and O–H groups in total. The number of nitrogens with one attached hydrogen (secondary N) is 3. The van der Waals surface area contributed by atoms with Crippen LogP contribution in [-0.4, -0.2) is 29.1 Å². The molecule has 4 rings (SSSR count). The second kappa shape index (κ2) is 6.95. The number of anilines is 3. The number of aryl methyl sites for hydroxylation is 1. The van der Waals surface area contributed by atoms with Crippen LogP contribution in [0.1, 0.15) is 5.69 Å². The molecule has 1 fully saturated rings. The van der Waals surface area contributed by atoms with Crippen LogP contribution in [0.5, 0.6) is 0 Å². The summed E-state index contributed by atoms with van der Waals surface area (Å²) in [6, 6.07) is 16.8. The summed E-state index contributed by atoms with van der Waals surface area (Å²) in [5, 5.41) is 6.14. The van der Waals surface area contributed by atoms with Gasteiger partial charge < -0.3 is 15.6 Å². The SMILES string of the molecule is Cc1cc(=O)[nH]c(-c2ccc(Nc3cccc(N4CCNC4=O)c3)cc2)n1. The number of aromatic amines is 1. The van der Waals surface area contributed by atoms with Crippen molar-refractivity contribution in [2.75, 3.05) is 23.3 Å². The normalized spacial score (nSPS) is 13.5. The van der Waals surface area contributed by atoms with E-state index in [1.165, 1.54) is 6.07 Å². The van der Waals surface area contributed by atoms with Gasteiger partial charge in [-0.25, -0.2) is 9.78 Å². The lowest BCUT2D eigenvalue weighted by molar-refractivity contribution is 0.252. The van der Waals surface area contributed by atoms with Gasteiger partial charge in [0.2, 0.25) is 0 Å². The Bertz CT molecular complexity index is 1040. The molecule has 0 aliphatic carbocycles. The maximum absolute atomic E-state index is 11.8. The Labute approximate surface area is 156 Å². The zero-order valence-electron chi connectivity index (χ0n) is 14.8. The Morgan fingerprint density at radius 3 is 2.56 bits per heavy atom. The second-order valence-corrected chi connectivity index (χ2v) is 6.37. The topological polar surface area (TPSA) is 90.1 Å². The van der Waals surface area contributed by atoms with Gasteiger partial charge in [0.05, 0.1) is 0 Å². The van der Waals surface area contributed by atoms with Crippen molar-refractivity contribution in [1.29, 1.82) is 0 Å². The molecular weight excluding hydrogens is 342 g/mol. The van der Waals surface area contributed by atoms with Gasteiger partial charge in [-0.2, -0.15) is 0 Å². The van der Waals surface area contributed by atoms with Crippen LogP contribution in [0.3, 0.4) is 0 Å². The van der Waals surface area contributed by atoms with Crippen molar-refractivity contribution in [2.24, 2.45) is 0 Å². The molecular formula is C20H19N5O2. The van der Waals surface area contributed by atoms with Crippen LogP contribution in [-0.2, 0) is 0 Å². The molecule has 0 radical (unpaired) electrons. The lowest BCUT2D eigenvalue weighted by atomic mass is 10.2. The first-order valence-corrected chi connectivity index (χ1v) is 8.69. The highest BCUT2D eigenvalue weighted by atomic mass is 16.2. The lowest BCUT2D eigenvalue weighted by Crippen LogP contribution is -2.27. The predicted molar refractivity (Wildman–Crippen MR) is 106 cm³/mol. The van der Waals surface area contributed by atoms with Crippen molar-refractivity contribution in [1.82, 2.24) is 15.3 Å².